The van der Waals surface area contributed by atoms with E-state index in [4.69, 9.17) is 20.0 Å². The van der Waals surface area contributed by atoms with Crippen molar-refractivity contribution in [3.63, 3.8) is 0 Å². The molecule has 1 heterocycles. The molecule has 1 amide bonds. The van der Waals surface area contributed by atoms with E-state index in [-0.39, 0.29) is 35.1 Å². The van der Waals surface area contributed by atoms with Crippen molar-refractivity contribution >= 4 is 29.1 Å². The summed E-state index contributed by atoms with van der Waals surface area (Å²) in [5.41, 5.74) is -2.22. The van der Waals surface area contributed by atoms with Crippen LogP contribution in [0.4, 0.5) is 22.0 Å². The number of halogens is 6. The van der Waals surface area contributed by atoms with Gasteiger partial charge in [-0.2, -0.15) is 26.7 Å². The van der Waals surface area contributed by atoms with Gasteiger partial charge in [0, 0.05) is 13.1 Å². The Hall–Kier alpha value is -2.38. The third-order valence-corrected chi connectivity index (χ3v) is 6.99. The molecule has 38 heavy (non-hydrogen) atoms. The molecule has 7 nitrogen and oxygen atoms in total. The normalized spacial score (nSPS) is 20.3. The van der Waals surface area contributed by atoms with Crippen LogP contribution in [-0.2, 0) is 24.5 Å². The summed E-state index contributed by atoms with van der Waals surface area (Å²) in [6, 6.07) is 1.67. The summed E-state index contributed by atoms with van der Waals surface area (Å²) in [6.45, 7) is 4.77. The van der Waals surface area contributed by atoms with Crippen LogP contribution in [0.25, 0.3) is 11.3 Å². The number of aromatic nitrogens is 2. The lowest BCUT2D eigenvalue weighted by atomic mass is 9.79. The molecular formula is C24H29ClF5N3O4S. The van der Waals surface area contributed by atoms with Crippen molar-refractivity contribution in [2.75, 3.05) is 6.54 Å². The Morgan fingerprint density at radius 2 is 1.79 bits per heavy atom. The topological polar surface area (TPSA) is 101 Å². The summed E-state index contributed by atoms with van der Waals surface area (Å²) in [5.74, 6) is -4.20. The minimum absolute atomic E-state index is 0.0159. The van der Waals surface area contributed by atoms with Gasteiger partial charge in [0.1, 0.15) is 11.6 Å². The second-order valence-corrected chi connectivity index (χ2v) is 10.1. The van der Waals surface area contributed by atoms with Gasteiger partial charge in [0.05, 0.1) is 27.8 Å². The standard InChI is InChI=1S/C24H29ClF5N3O2.O2S/c1-4-33-21(18-16(26)10-15(11-17(18)27)9-14(3)24(28,29)30)19(25)20(32-33)22(34)31-12-23(35)7-5-13(2)6-8-23;1-3-2/h10-11,13-14,35H,4-9,12H2,1-3H3,(H,31,34);. The highest BCUT2D eigenvalue weighted by Crippen LogP contribution is 2.37. The molecule has 3 rings (SSSR count). The highest BCUT2D eigenvalue weighted by molar-refractivity contribution is 7.51. The SMILES string of the molecule is CCn1nc(C(=O)NCC2(O)CCC(C)CC2)c(Cl)c1-c1c(F)cc(CC(C)C(F)(F)F)cc1F.O=S=O. The van der Waals surface area contributed by atoms with Gasteiger partial charge in [0.2, 0.25) is 0 Å². The average Bonchev–Trinajstić information content (AvgIpc) is 3.15. The number of hydrogen-bond donors (Lipinski definition) is 2. The molecule has 0 radical (unpaired) electrons. The molecule has 212 valence electrons. The molecule has 1 aromatic carbocycles. The number of nitrogens with one attached hydrogen (secondary N) is 1. The first kappa shape index (κ1) is 31.8. The van der Waals surface area contributed by atoms with Crippen molar-refractivity contribution in [2.45, 2.75) is 71.2 Å². The number of alkyl halides is 3. The van der Waals surface area contributed by atoms with Gasteiger partial charge in [0.25, 0.3) is 5.91 Å². The predicted octanol–water partition coefficient (Wildman–Crippen LogP) is 5.24. The minimum Gasteiger partial charge on any atom is -0.388 e. The first-order valence-electron chi connectivity index (χ1n) is 11.9. The first-order valence-corrected chi connectivity index (χ1v) is 13.0. The molecule has 1 aliphatic carbocycles. The fraction of sp³-hybridized carbons (Fsp3) is 0.583. The van der Waals surface area contributed by atoms with Crippen LogP contribution in [0.5, 0.6) is 0 Å². The van der Waals surface area contributed by atoms with Crippen molar-refractivity contribution in [1.29, 1.82) is 0 Å². The highest BCUT2D eigenvalue weighted by atomic mass is 35.5. The van der Waals surface area contributed by atoms with Crippen molar-refractivity contribution < 1.29 is 40.3 Å². The number of rotatable bonds is 7. The van der Waals surface area contributed by atoms with E-state index in [1.54, 1.807) is 6.92 Å². The number of carbonyl (C=O) groups excluding carboxylic acids is 1. The molecule has 2 aromatic rings. The monoisotopic (exact) mass is 585 g/mol. The number of hydrogen-bond acceptors (Lipinski definition) is 5. The van der Waals surface area contributed by atoms with Gasteiger partial charge >= 0.3 is 17.7 Å². The molecule has 0 saturated heterocycles. The van der Waals surface area contributed by atoms with Crippen molar-refractivity contribution in [3.8, 4) is 11.3 Å². The van der Waals surface area contributed by atoms with Gasteiger partial charge in [-0.3, -0.25) is 9.48 Å². The van der Waals surface area contributed by atoms with Crippen LogP contribution in [0.1, 0.15) is 62.5 Å². The van der Waals surface area contributed by atoms with Crippen molar-refractivity contribution in [3.05, 3.63) is 40.0 Å². The average molecular weight is 586 g/mol. The molecule has 1 fully saturated rings. The van der Waals surface area contributed by atoms with Crippen molar-refractivity contribution in [1.82, 2.24) is 15.1 Å². The smallest absolute Gasteiger partial charge is 0.388 e. The number of benzene rings is 1. The Labute approximate surface area is 225 Å². The van der Waals surface area contributed by atoms with Crippen LogP contribution in [0.3, 0.4) is 0 Å². The molecule has 1 aromatic heterocycles. The Morgan fingerprint density at radius 3 is 2.26 bits per heavy atom. The predicted molar refractivity (Wildman–Crippen MR) is 131 cm³/mol. The molecule has 14 heteroatoms. The largest absolute Gasteiger partial charge is 0.391 e. The van der Waals surface area contributed by atoms with E-state index in [2.05, 4.69) is 17.3 Å². The molecule has 1 aliphatic rings. The summed E-state index contributed by atoms with van der Waals surface area (Å²) >= 11 is 5.60. The molecule has 1 saturated carbocycles. The maximum Gasteiger partial charge on any atom is 0.391 e. The fourth-order valence-electron chi connectivity index (χ4n) is 4.30. The lowest BCUT2D eigenvalue weighted by Gasteiger charge is -2.34. The quantitative estimate of drug-likeness (QED) is 0.433. The fourth-order valence-corrected chi connectivity index (χ4v) is 4.61. The van der Waals surface area contributed by atoms with E-state index in [1.165, 1.54) is 0 Å². The number of aryl methyl sites for hydroxylation is 1. The number of nitrogens with zero attached hydrogens (tertiary/aromatic N) is 2. The molecule has 0 aliphatic heterocycles. The summed E-state index contributed by atoms with van der Waals surface area (Å²) in [4.78, 5) is 12.8. The second-order valence-electron chi connectivity index (χ2n) is 9.57. The van der Waals surface area contributed by atoms with E-state index in [9.17, 15) is 31.9 Å². The van der Waals surface area contributed by atoms with Gasteiger partial charge in [-0.25, -0.2) is 8.78 Å². The molecular weight excluding hydrogens is 557 g/mol. The van der Waals surface area contributed by atoms with E-state index in [0.717, 1.165) is 36.6 Å². The summed E-state index contributed by atoms with van der Waals surface area (Å²) in [5, 5.41) is 17.1. The van der Waals surface area contributed by atoms with Gasteiger partial charge in [-0.1, -0.05) is 25.4 Å². The molecule has 0 spiro atoms. The Bertz CT molecular complexity index is 1150. The van der Waals surface area contributed by atoms with Gasteiger partial charge < -0.3 is 10.4 Å². The van der Waals surface area contributed by atoms with Crippen molar-refractivity contribution in [2.24, 2.45) is 11.8 Å². The zero-order valence-corrected chi connectivity index (χ0v) is 22.6. The molecule has 2 N–H and O–H groups in total. The van der Waals surface area contributed by atoms with Crippen LogP contribution in [0, 0.1) is 23.5 Å². The first-order chi connectivity index (χ1) is 17.7. The lowest BCUT2D eigenvalue weighted by Crippen LogP contribution is -2.45. The highest BCUT2D eigenvalue weighted by Gasteiger charge is 2.36. The lowest BCUT2D eigenvalue weighted by molar-refractivity contribution is -0.169. The Morgan fingerprint density at radius 1 is 1.26 bits per heavy atom. The van der Waals surface area contributed by atoms with Crippen LogP contribution < -0.4 is 5.32 Å². The van der Waals surface area contributed by atoms with E-state index in [1.807, 2.05) is 0 Å². The summed E-state index contributed by atoms with van der Waals surface area (Å²) in [7, 11) is 0. The zero-order valence-electron chi connectivity index (χ0n) is 21.0. The van der Waals surface area contributed by atoms with Crippen LogP contribution in [0.2, 0.25) is 5.02 Å². The number of carbonyl (C=O) groups is 1. The minimum atomic E-state index is -4.50. The van der Waals surface area contributed by atoms with Gasteiger partial charge in [-0.15, -0.1) is 0 Å². The van der Waals surface area contributed by atoms with Crippen LogP contribution >= 0.6 is 11.6 Å². The maximum absolute atomic E-state index is 15.0. The second kappa shape index (κ2) is 13.1. The van der Waals surface area contributed by atoms with Crippen LogP contribution in [-0.4, -0.2) is 47.5 Å². The number of amides is 1. The van der Waals surface area contributed by atoms with Crippen LogP contribution in [0.15, 0.2) is 12.1 Å². The summed E-state index contributed by atoms with van der Waals surface area (Å²) < 4.78 is 86.3. The van der Waals surface area contributed by atoms with Gasteiger partial charge in [0.15, 0.2) is 5.69 Å². The maximum atomic E-state index is 15.0. The van der Waals surface area contributed by atoms with Gasteiger partial charge in [-0.05, 0) is 62.6 Å². The van der Waals surface area contributed by atoms with E-state index < -0.39 is 58.8 Å². The van der Waals surface area contributed by atoms with E-state index in [0.29, 0.717) is 18.8 Å². The summed E-state index contributed by atoms with van der Waals surface area (Å²) in [6.07, 6.45) is -2.36. The van der Waals surface area contributed by atoms with E-state index >= 15 is 0 Å². The Balaban J connectivity index is 0.00000161. The molecule has 1 atom stereocenters. The molecule has 0 bridgehead atoms. The number of aliphatic hydroxyl groups is 1. The zero-order chi connectivity index (χ0) is 28.8. The molecule has 1 unspecified atom stereocenters. The Kier molecular flexibility index (Phi) is 11.0. The third kappa shape index (κ3) is 7.82. The third-order valence-electron chi connectivity index (χ3n) is 6.63.